The SMILES string of the molecule is COc1cc(CC(=O)N2CC(=O)N[C@@H](Cc3ccccc3)CN(CC(N)=O)C(=O)CCSCc3ccc(cc3)C(=O)N[C@@H](CCCCN)CN(C(=O)CCC3CCCCC3)CC(=O)N[C@@H](Cc3ccccc3)CN(C(=O)CCc3ccccc3)CC(=O)N[C@@H](CCc3ccccc3)C2)cc(OC)c1. The summed E-state index contributed by atoms with van der Waals surface area (Å²) in [5.74, 6) is -2.06. The van der Waals surface area contributed by atoms with Gasteiger partial charge in [-0.1, -0.05) is 172 Å². The van der Waals surface area contributed by atoms with Gasteiger partial charge in [-0.25, -0.2) is 0 Å². The van der Waals surface area contributed by atoms with Gasteiger partial charge in [0, 0.05) is 80.7 Å². The molecule has 8 N–H and O–H groups in total. The maximum Gasteiger partial charge on any atom is 0.251 e. The highest BCUT2D eigenvalue weighted by molar-refractivity contribution is 7.98. The number of unbranched alkanes of at least 4 members (excludes halogenated alkanes) is 1. The maximum atomic E-state index is 15.3. The van der Waals surface area contributed by atoms with E-state index in [2.05, 4.69) is 21.3 Å². The topological polar surface area (TPSA) is 285 Å². The Hall–Kier alpha value is -9.54. The molecule has 4 atom stereocenters. The van der Waals surface area contributed by atoms with Crippen LogP contribution in [0.3, 0.4) is 0 Å². The molecular weight excluding hydrogens is 1320 g/mol. The van der Waals surface area contributed by atoms with E-state index in [0.717, 1.165) is 59.9 Å². The Morgan fingerprint density at radius 2 is 0.990 bits per heavy atom. The second-order valence-corrected chi connectivity index (χ2v) is 28.2. The summed E-state index contributed by atoms with van der Waals surface area (Å²) in [7, 11) is 3.00. The number of nitrogens with two attached hydrogens (primary N) is 2. The molecule has 2 aliphatic heterocycles. The van der Waals surface area contributed by atoms with E-state index in [-0.39, 0.29) is 101 Å². The fourth-order valence-corrected chi connectivity index (χ4v) is 14.4. The third kappa shape index (κ3) is 28.3. The van der Waals surface area contributed by atoms with Crippen molar-refractivity contribution in [2.75, 3.05) is 78.9 Å². The highest BCUT2D eigenvalue weighted by Crippen LogP contribution is 2.28. The standard InChI is InChI=1S/C81H104N10O11S/c1-101-71-46-65(47-72(49-71)102-2)48-80(99)91-51-68(38-33-59-20-8-3-9-21-59)84-74(93)55-90(78(97)40-35-61-24-12-5-13-25-61)53-70(45-63-28-16-7-17-29-63)86-75(94)56-89(77(96)39-34-60-22-10-4-11-23-60)50-67(30-18-19-42-82)87-81(100)66-36-31-64(32-37-66)58-103-43-41-79(98)88(54-73(83)92)52-69(85-76(95)57-91)44-62-26-14-6-15-27-62/h3,5-9,12-17,20-21,24-29,31-32,36-37,46-47,49,60,67-70H,4,10-11,18-19,22-23,30,33-35,38-45,48,50-58,82H2,1-2H3,(H2,83,92)(H,84,93)(H,85,95)(H,86,94)(H,87,100)/t67-,68-,69-,70-/m0/s1. The Bertz CT molecular complexity index is 3640. The number of carbonyl (C=O) groups excluding carboxylic acids is 9. The highest BCUT2D eigenvalue weighted by atomic mass is 32.2. The summed E-state index contributed by atoms with van der Waals surface area (Å²) in [5, 5.41) is 12.7. The van der Waals surface area contributed by atoms with Crippen molar-refractivity contribution in [3.8, 4) is 11.5 Å². The first-order valence-corrected chi connectivity index (χ1v) is 37.5. The molecule has 9 amide bonds. The van der Waals surface area contributed by atoms with Crippen LogP contribution in [0.4, 0.5) is 0 Å². The van der Waals surface area contributed by atoms with Crippen molar-refractivity contribution in [1.82, 2.24) is 40.9 Å². The Morgan fingerprint density at radius 1 is 0.505 bits per heavy atom. The number of nitrogens with one attached hydrogen (secondary N) is 4. The largest absolute Gasteiger partial charge is 0.497 e. The molecule has 22 heteroatoms. The first-order valence-electron chi connectivity index (χ1n) is 36.3. The zero-order valence-electron chi connectivity index (χ0n) is 59.8. The van der Waals surface area contributed by atoms with Crippen molar-refractivity contribution in [1.29, 1.82) is 0 Å². The van der Waals surface area contributed by atoms with E-state index in [1.54, 1.807) is 35.2 Å². The average molecular weight is 1430 g/mol. The number of rotatable bonds is 23. The Kier molecular flexibility index (Phi) is 32.9. The first-order chi connectivity index (χ1) is 50.0. The summed E-state index contributed by atoms with van der Waals surface area (Å²) < 4.78 is 11.2. The van der Waals surface area contributed by atoms with E-state index >= 15 is 19.2 Å². The lowest BCUT2D eigenvalue weighted by Crippen LogP contribution is -2.55. The smallest absolute Gasteiger partial charge is 0.251 e. The van der Waals surface area contributed by atoms with Gasteiger partial charge >= 0.3 is 0 Å². The predicted octanol–water partition coefficient (Wildman–Crippen LogP) is 8.18. The monoisotopic (exact) mass is 1420 g/mol. The second kappa shape index (κ2) is 42.8. The number of hydrogen-bond acceptors (Lipinski definition) is 13. The Labute approximate surface area is 611 Å². The molecular formula is C81H104N10O11S. The van der Waals surface area contributed by atoms with Crippen LogP contribution in [0.1, 0.15) is 127 Å². The van der Waals surface area contributed by atoms with Crippen molar-refractivity contribution < 1.29 is 52.6 Å². The molecule has 21 nitrogen and oxygen atoms in total. The van der Waals surface area contributed by atoms with Crippen molar-refractivity contribution in [2.45, 2.75) is 145 Å². The van der Waals surface area contributed by atoms with Crippen LogP contribution in [0.2, 0.25) is 0 Å². The fourth-order valence-electron chi connectivity index (χ4n) is 13.5. The number of carbonyl (C=O) groups is 9. The normalized spacial score (nSPS) is 18.7. The third-order valence-electron chi connectivity index (χ3n) is 18.9. The molecule has 0 spiro atoms. The lowest BCUT2D eigenvalue weighted by atomic mass is 9.86. The van der Waals surface area contributed by atoms with E-state index in [1.807, 2.05) is 133 Å². The van der Waals surface area contributed by atoms with Gasteiger partial charge in [0.1, 0.15) is 11.5 Å². The first kappa shape index (κ1) is 79.2. The molecule has 1 fully saturated rings. The number of benzene rings is 6. The number of fused-ring (bicyclic) bond motifs is 29. The van der Waals surface area contributed by atoms with Gasteiger partial charge in [-0.2, -0.15) is 11.8 Å². The minimum Gasteiger partial charge on any atom is -0.497 e. The molecule has 1 saturated carbocycles. The van der Waals surface area contributed by atoms with Crippen molar-refractivity contribution >= 4 is 64.9 Å². The molecule has 1 aliphatic carbocycles. The van der Waals surface area contributed by atoms with Crippen LogP contribution in [0.25, 0.3) is 0 Å². The molecule has 0 aromatic heterocycles. The molecule has 550 valence electrons. The van der Waals surface area contributed by atoms with Crippen LogP contribution in [0.15, 0.2) is 164 Å². The lowest BCUT2D eigenvalue weighted by molar-refractivity contribution is -0.138. The lowest BCUT2D eigenvalue weighted by Gasteiger charge is -2.32. The van der Waals surface area contributed by atoms with Gasteiger partial charge in [-0.15, -0.1) is 0 Å². The zero-order chi connectivity index (χ0) is 73.1. The van der Waals surface area contributed by atoms with E-state index in [1.165, 1.54) is 40.7 Å². The number of nitrogens with zero attached hydrogens (tertiary/aromatic N) is 4. The van der Waals surface area contributed by atoms with E-state index in [4.69, 9.17) is 20.9 Å². The minimum atomic E-state index is -0.828. The summed E-state index contributed by atoms with van der Waals surface area (Å²) in [6.07, 6.45) is 9.46. The Morgan fingerprint density at radius 3 is 1.52 bits per heavy atom. The number of amides is 9. The minimum absolute atomic E-state index is 0.0106. The number of hydrogen-bond donors (Lipinski definition) is 6. The van der Waals surface area contributed by atoms with Crippen molar-refractivity contribution in [3.63, 3.8) is 0 Å². The molecule has 0 saturated heterocycles. The maximum absolute atomic E-state index is 15.3. The molecule has 0 unspecified atom stereocenters. The van der Waals surface area contributed by atoms with Crippen LogP contribution in [-0.4, -0.2) is 176 Å². The van der Waals surface area contributed by atoms with Crippen LogP contribution >= 0.6 is 11.8 Å². The van der Waals surface area contributed by atoms with Crippen molar-refractivity contribution in [3.05, 3.63) is 203 Å². The highest BCUT2D eigenvalue weighted by Gasteiger charge is 2.31. The molecule has 2 heterocycles. The number of aryl methyl sites for hydroxylation is 2. The van der Waals surface area contributed by atoms with Gasteiger partial charge in [-0.3, -0.25) is 43.2 Å². The van der Waals surface area contributed by atoms with Crippen LogP contribution in [-0.2, 0) is 76.2 Å². The van der Waals surface area contributed by atoms with Gasteiger partial charge in [0.15, 0.2) is 0 Å². The average Bonchev–Trinajstić information content (AvgIpc) is 0.858. The molecule has 6 aromatic carbocycles. The Balaban J connectivity index is 1.18. The molecule has 3 aliphatic rings. The molecule has 2 bridgehead atoms. The fraction of sp³-hybridized carbons (Fsp3) is 0.444. The summed E-state index contributed by atoms with van der Waals surface area (Å²) in [6, 6.07) is 47.3. The number of thioether (sulfide) groups is 1. The number of ether oxygens (including phenoxy) is 2. The quantitative estimate of drug-likeness (QED) is 0.0261. The van der Waals surface area contributed by atoms with Gasteiger partial charge in [-0.05, 0) is 121 Å². The zero-order valence-corrected chi connectivity index (χ0v) is 60.6. The summed E-state index contributed by atoms with van der Waals surface area (Å²) in [6.45, 7) is -1.69. The number of methoxy groups -OCH3 is 2. The van der Waals surface area contributed by atoms with E-state index in [9.17, 15) is 24.0 Å². The van der Waals surface area contributed by atoms with E-state index < -0.39 is 73.3 Å². The van der Waals surface area contributed by atoms with Crippen molar-refractivity contribution in [2.24, 2.45) is 17.4 Å². The summed E-state index contributed by atoms with van der Waals surface area (Å²) in [4.78, 5) is 137. The van der Waals surface area contributed by atoms with Gasteiger partial charge in [0.25, 0.3) is 5.91 Å². The summed E-state index contributed by atoms with van der Waals surface area (Å²) >= 11 is 1.49. The molecule has 6 aromatic rings. The van der Waals surface area contributed by atoms with E-state index in [0.29, 0.717) is 85.1 Å². The molecule has 0 radical (unpaired) electrons. The van der Waals surface area contributed by atoms with Crippen LogP contribution < -0.4 is 42.2 Å². The third-order valence-corrected chi connectivity index (χ3v) is 19.9. The van der Waals surface area contributed by atoms with Gasteiger partial charge in [0.05, 0.1) is 58.9 Å². The summed E-state index contributed by atoms with van der Waals surface area (Å²) in [5.41, 5.74) is 17.2. The number of primary amides is 1. The second-order valence-electron chi connectivity index (χ2n) is 27.1. The van der Waals surface area contributed by atoms with Crippen LogP contribution in [0, 0.1) is 5.92 Å². The van der Waals surface area contributed by atoms with Gasteiger partial charge in [0.2, 0.25) is 47.3 Å². The van der Waals surface area contributed by atoms with Crippen LogP contribution in [0.5, 0.6) is 11.5 Å². The molecule has 103 heavy (non-hydrogen) atoms. The molecule has 9 rings (SSSR count). The van der Waals surface area contributed by atoms with Gasteiger partial charge < -0.3 is 61.8 Å². The predicted molar refractivity (Wildman–Crippen MR) is 402 cm³/mol.